The lowest BCUT2D eigenvalue weighted by Crippen LogP contribution is -2.46. The SMILES string of the molecule is CCCC(=O)OCn1c(/C=C(\C)OCCCCN2CCN(c3cccc(Cl)c3Cl)CC2)c(C)ccc1=O. The molecule has 2 aromatic rings. The Morgan fingerprint density at radius 3 is 2.54 bits per heavy atom. The number of aromatic nitrogens is 1. The molecule has 7 nitrogen and oxygen atoms in total. The van der Waals surface area contributed by atoms with E-state index in [2.05, 4.69) is 9.80 Å². The number of halogens is 2. The smallest absolute Gasteiger partial charge is 0.307 e. The van der Waals surface area contributed by atoms with Crippen molar-refractivity contribution in [3.05, 3.63) is 67.7 Å². The maximum atomic E-state index is 12.4. The molecule has 202 valence electrons. The molecule has 0 N–H and O–H groups in total. The van der Waals surface area contributed by atoms with Gasteiger partial charge in [-0.25, -0.2) is 0 Å². The highest BCUT2D eigenvalue weighted by atomic mass is 35.5. The van der Waals surface area contributed by atoms with Crippen molar-refractivity contribution in [2.45, 2.75) is 53.2 Å². The molecule has 0 spiro atoms. The van der Waals surface area contributed by atoms with Crippen LogP contribution in [0.25, 0.3) is 6.08 Å². The van der Waals surface area contributed by atoms with Gasteiger partial charge in [-0.2, -0.15) is 0 Å². The number of piperazine rings is 1. The molecule has 1 aliphatic rings. The predicted octanol–water partition coefficient (Wildman–Crippen LogP) is 5.74. The van der Waals surface area contributed by atoms with Crippen LogP contribution in [0.1, 0.15) is 50.8 Å². The van der Waals surface area contributed by atoms with Crippen LogP contribution in [0.15, 0.2) is 40.9 Å². The molecular weight excluding hydrogens is 513 g/mol. The molecule has 1 aromatic heterocycles. The first-order chi connectivity index (χ1) is 17.8. The highest BCUT2D eigenvalue weighted by Gasteiger charge is 2.19. The Kier molecular flexibility index (Phi) is 11.4. The zero-order valence-corrected chi connectivity index (χ0v) is 23.5. The van der Waals surface area contributed by atoms with Crippen molar-refractivity contribution < 1.29 is 14.3 Å². The summed E-state index contributed by atoms with van der Waals surface area (Å²) in [5, 5.41) is 1.21. The quantitative estimate of drug-likeness (QED) is 0.191. The van der Waals surface area contributed by atoms with Gasteiger partial charge in [0.05, 0.1) is 33.8 Å². The summed E-state index contributed by atoms with van der Waals surface area (Å²) in [6.07, 6.45) is 4.84. The number of hydrogen-bond donors (Lipinski definition) is 0. The molecular formula is C28H37Cl2N3O4. The first-order valence-corrected chi connectivity index (χ1v) is 13.6. The summed E-state index contributed by atoms with van der Waals surface area (Å²) in [6.45, 7) is 11.0. The number of rotatable bonds is 12. The number of carbonyl (C=O) groups is 1. The highest BCUT2D eigenvalue weighted by molar-refractivity contribution is 6.43. The molecule has 2 heterocycles. The molecule has 1 fully saturated rings. The lowest BCUT2D eigenvalue weighted by molar-refractivity contribution is -0.147. The number of allylic oxidation sites excluding steroid dienone is 1. The zero-order valence-electron chi connectivity index (χ0n) is 22.0. The number of pyridine rings is 1. The van der Waals surface area contributed by atoms with E-state index in [0.717, 1.165) is 56.8 Å². The van der Waals surface area contributed by atoms with Gasteiger partial charge in [0, 0.05) is 38.7 Å². The Balaban J connectivity index is 1.43. The van der Waals surface area contributed by atoms with Crippen molar-refractivity contribution in [1.82, 2.24) is 9.47 Å². The van der Waals surface area contributed by atoms with E-state index in [1.807, 2.05) is 45.0 Å². The Morgan fingerprint density at radius 1 is 1.05 bits per heavy atom. The van der Waals surface area contributed by atoms with Crippen LogP contribution in [-0.4, -0.2) is 54.8 Å². The van der Waals surface area contributed by atoms with E-state index in [9.17, 15) is 9.59 Å². The van der Waals surface area contributed by atoms with Crippen LogP contribution in [0, 0.1) is 6.92 Å². The predicted molar refractivity (Wildman–Crippen MR) is 150 cm³/mol. The van der Waals surface area contributed by atoms with Crippen molar-refractivity contribution in [3.63, 3.8) is 0 Å². The summed E-state index contributed by atoms with van der Waals surface area (Å²) in [4.78, 5) is 28.9. The number of carbonyl (C=O) groups excluding carboxylic acids is 1. The number of aryl methyl sites for hydroxylation is 1. The minimum Gasteiger partial charge on any atom is -0.498 e. The Hall–Kier alpha value is -2.48. The van der Waals surface area contributed by atoms with Crippen LogP contribution in [0.3, 0.4) is 0 Å². The molecule has 1 aliphatic heterocycles. The van der Waals surface area contributed by atoms with Gasteiger partial charge in [-0.15, -0.1) is 0 Å². The molecule has 0 amide bonds. The van der Waals surface area contributed by atoms with Crippen molar-refractivity contribution in [2.75, 3.05) is 44.2 Å². The minimum absolute atomic E-state index is 0.102. The van der Waals surface area contributed by atoms with Gasteiger partial charge >= 0.3 is 5.97 Å². The number of unbranched alkanes of at least 4 members (excludes halogenated alkanes) is 1. The fraction of sp³-hybridized carbons (Fsp3) is 0.500. The lowest BCUT2D eigenvalue weighted by atomic mass is 10.2. The van der Waals surface area contributed by atoms with Crippen molar-refractivity contribution in [1.29, 1.82) is 0 Å². The van der Waals surface area contributed by atoms with Crippen molar-refractivity contribution in [3.8, 4) is 0 Å². The molecule has 0 aliphatic carbocycles. The number of esters is 1. The second-order valence-corrected chi connectivity index (χ2v) is 10.1. The Morgan fingerprint density at radius 2 is 1.81 bits per heavy atom. The average Bonchev–Trinajstić information content (AvgIpc) is 2.88. The number of benzene rings is 1. The topological polar surface area (TPSA) is 64.0 Å². The van der Waals surface area contributed by atoms with Crippen LogP contribution < -0.4 is 10.5 Å². The normalized spacial score (nSPS) is 14.6. The minimum atomic E-state index is -0.312. The van der Waals surface area contributed by atoms with Crippen LogP contribution in [-0.2, 0) is 21.0 Å². The third-order valence-corrected chi connectivity index (χ3v) is 7.24. The highest BCUT2D eigenvalue weighted by Crippen LogP contribution is 2.32. The summed E-state index contributed by atoms with van der Waals surface area (Å²) < 4.78 is 12.7. The second kappa shape index (κ2) is 14.5. The molecule has 0 radical (unpaired) electrons. The number of ether oxygens (including phenoxy) is 2. The van der Waals surface area contributed by atoms with E-state index in [1.165, 1.54) is 10.6 Å². The zero-order chi connectivity index (χ0) is 26.8. The fourth-order valence-electron chi connectivity index (χ4n) is 4.29. The summed E-state index contributed by atoms with van der Waals surface area (Å²) in [6, 6.07) is 9.03. The second-order valence-electron chi connectivity index (χ2n) is 9.28. The fourth-order valence-corrected chi connectivity index (χ4v) is 4.71. The lowest BCUT2D eigenvalue weighted by Gasteiger charge is -2.36. The van der Waals surface area contributed by atoms with E-state index >= 15 is 0 Å². The van der Waals surface area contributed by atoms with E-state index in [1.54, 1.807) is 6.07 Å². The van der Waals surface area contributed by atoms with E-state index in [4.69, 9.17) is 32.7 Å². The number of hydrogen-bond acceptors (Lipinski definition) is 6. The van der Waals surface area contributed by atoms with E-state index in [0.29, 0.717) is 40.9 Å². The molecule has 0 bridgehead atoms. The summed E-state index contributed by atoms with van der Waals surface area (Å²) in [5.74, 6) is 0.405. The molecule has 9 heteroatoms. The average molecular weight is 551 g/mol. The van der Waals surface area contributed by atoms with Crippen molar-refractivity contribution in [2.24, 2.45) is 0 Å². The van der Waals surface area contributed by atoms with Gasteiger partial charge in [-0.3, -0.25) is 19.1 Å². The van der Waals surface area contributed by atoms with E-state index < -0.39 is 0 Å². The summed E-state index contributed by atoms with van der Waals surface area (Å²) in [7, 11) is 0. The van der Waals surface area contributed by atoms with E-state index in [-0.39, 0.29) is 18.3 Å². The van der Waals surface area contributed by atoms with Gasteiger partial charge in [0.2, 0.25) is 0 Å². The number of anilines is 1. The monoisotopic (exact) mass is 549 g/mol. The standard InChI is InChI=1S/C28H37Cl2N3O4/c1-4-8-27(35)37-20-33-25(21(2)11-12-26(33)34)19-22(3)36-18-6-5-13-31-14-16-32(17-15-31)24-10-7-9-23(29)28(24)30/h7,9-12,19H,4-6,8,13-18,20H2,1-3H3/b22-19+. The first kappa shape index (κ1) is 29.1. The van der Waals surface area contributed by atoms with Crippen LogP contribution in [0.5, 0.6) is 0 Å². The van der Waals surface area contributed by atoms with Gasteiger partial charge in [0.1, 0.15) is 0 Å². The van der Waals surface area contributed by atoms with Crippen molar-refractivity contribution >= 4 is 40.9 Å². The molecule has 1 aromatic carbocycles. The number of nitrogens with zero attached hydrogens (tertiary/aromatic N) is 3. The van der Waals surface area contributed by atoms with Gasteiger partial charge < -0.3 is 14.4 Å². The van der Waals surface area contributed by atoms with Gasteiger partial charge in [-0.1, -0.05) is 42.3 Å². The molecule has 0 unspecified atom stereocenters. The molecule has 0 saturated carbocycles. The Labute approximate surface area is 229 Å². The third-order valence-electron chi connectivity index (χ3n) is 6.43. The molecule has 1 saturated heterocycles. The van der Waals surface area contributed by atoms with Gasteiger partial charge in [-0.05, 0) is 63.4 Å². The first-order valence-electron chi connectivity index (χ1n) is 12.9. The summed E-state index contributed by atoms with van der Waals surface area (Å²) in [5.41, 5.74) is 2.38. The molecule has 3 rings (SSSR count). The molecule has 37 heavy (non-hydrogen) atoms. The van der Waals surface area contributed by atoms with Crippen LogP contribution in [0.4, 0.5) is 5.69 Å². The largest absolute Gasteiger partial charge is 0.498 e. The maximum Gasteiger partial charge on any atom is 0.307 e. The third kappa shape index (κ3) is 8.52. The molecule has 0 atom stereocenters. The maximum absolute atomic E-state index is 12.4. The van der Waals surface area contributed by atoms with Crippen LogP contribution in [0.2, 0.25) is 10.0 Å². The van der Waals surface area contributed by atoms with Gasteiger partial charge in [0.15, 0.2) is 6.73 Å². The van der Waals surface area contributed by atoms with Crippen LogP contribution >= 0.6 is 23.2 Å². The Bertz CT molecular complexity index is 1140. The van der Waals surface area contributed by atoms with Gasteiger partial charge in [0.25, 0.3) is 5.56 Å². The summed E-state index contributed by atoms with van der Waals surface area (Å²) >= 11 is 12.5.